The zero-order chi connectivity index (χ0) is 15.7. The van der Waals surface area contributed by atoms with Crippen molar-refractivity contribution in [1.82, 2.24) is 9.80 Å². The first-order valence-corrected chi connectivity index (χ1v) is 8.57. The van der Waals surface area contributed by atoms with Crippen LogP contribution in [0.25, 0.3) is 0 Å². The van der Waals surface area contributed by atoms with Gasteiger partial charge < -0.3 is 20.0 Å². The van der Waals surface area contributed by atoms with Crippen LogP contribution in [0.1, 0.15) is 12.8 Å². The minimum Gasteiger partial charge on any atom is -0.473 e. The molecule has 0 aliphatic carbocycles. The molecule has 1 heterocycles. The predicted octanol–water partition coefficient (Wildman–Crippen LogP) is 1.18. The van der Waals surface area contributed by atoms with E-state index in [0.29, 0.717) is 0 Å². The minimum atomic E-state index is -1.82. The Labute approximate surface area is 128 Å². The van der Waals surface area contributed by atoms with Gasteiger partial charge in [-0.3, -0.25) is 0 Å². The van der Waals surface area contributed by atoms with E-state index in [9.17, 15) is 0 Å². The summed E-state index contributed by atoms with van der Waals surface area (Å²) in [7, 11) is 12.8. The second kappa shape index (κ2) is 10.3. The number of carbonyl (C=O) groups is 2. The second-order valence-electron chi connectivity index (χ2n) is 5.15. The molecule has 20 heavy (non-hydrogen) atoms. The molecule has 1 saturated heterocycles. The quantitative estimate of drug-likeness (QED) is 0.589. The van der Waals surface area contributed by atoms with Crippen molar-refractivity contribution in [2.75, 3.05) is 41.3 Å². The number of nitrogens with zero attached hydrogens (tertiary/aromatic N) is 2. The molecule has 6 nitrogen and oxygen atoms in total. The van der Waals surface area contributed by atoms with Crippen LogP contribution in [0, 0.1) is 0 Å². The normalized spacial score (nSPS) is 22.3. The molecule has 0 radical (unpaired) electrons. The summed E-state index contributed by atoms with van der Waals surface area (Å²) in [5.74, 6) is -3.65. The molecule has 118 valence electrons. The molecule has 0 bridgehead atoms. The van der Waals surface area contributed by atoms with Crippen molar-refractivity contribution in [3.05, 3.63) is 0 Å². The van der Waals surface area contributed by atoms with Crippen LogP contribution < -0.4 is 0 Å². The molecule has 1 rings (SSSR count). The van der Waals surface area contributed by atoms with E-state index in [1.807, 2.05) is 0 Å². The third-order valence-corrected chi connectivity index (χ3v) is 5.85. The molecule has 0 aromatic heterocycles. The van der Waals surface area contributed by atoms with Crippen molar-refractivity contribution in [2.24, 2.45) is 0 Å². The van der Waals surface area contributed by atoms with E-state index in [1.54, 1.807) is 0 Å². The predicted molar refractivity (Wildman–Crippen MR) is 84.4 cm³/mol. The van der Waals surface area contributed by atoms with Gasteiger partial charge in [0, 0.05) is 23.6 Å². The Bertz CT molecular complexity index is 276. The molecule has 0 spiro atoms. The molecule has 1 aliphatic heterocycles. The van der Waals surface area contributed by atoms with Gasteiger partial charge in [0.2, 0.25) is 0 Å². The van der Waals surface area contributed by atoms with Crippen LogP contribution in [0.2, 0.25) is 0 Å². The Morgan fingerprint density at radius 1 is 0.900 bits per heavy atom. The molecule has 0 aromatic rings. The molecule has 2 N–H and O–H groups in total. The summed E-state index contributed by atoms with van der Waals surface area (Å²) in [5.41, 5.74) is 0. The zero-order valence-electron chi connectivity index (χ0n) is 12.4. The van der Waals surface area contributed by atoms with Crippen molar-refractivity contribution < 1.29 is 19.8 Å². The van der Waals surface area contributed by atoms with E-state index >= 15 is 0 Å². The highest BCUT2D eigenvalue weighted by atomic mass is 33.1. The fraction of sp³-hybridized carbons (Fsp3) is 0.833. The molecular weight excluding hydrogens is 300 g/mol. The molecule has 1 fully saturated rings. The molecule has 0 aromatic carbocycles. The number of hydrogen-bond donors (Lipinski definition) is 2. The summed E-state index contributed by atoms with van der Waals surface area (Å²) >= 11 is 0. The van der Waals surface area contributed by atoms with Gasteiger partial charge in [-0.25, -0.2) is 9.59 Å². The zero-order valence-corrected chi connectivity index (χ0v) is 14.0. The van der Waals surface area contributed by atoms with Crippen LogP contribution in [0.4, 0.5) is 0 Å². The second-order valence-corrected chi connectivity index (χ2v) is 8.02. The highest BCUT2D eigenvalue weighted by molar-refractivity contribution is 8.77. The number of aliphatic carboxylic acids is 2. The van der Waals surface area contributed by atoms with Crippen LogP contribution in [-0.2, 0) is 9.59 Å². The summed E-state index contributed by atoms with van der Waals surface area (Å²) in [6.07, 6.45) is 2.77. The van der Waals surface area contributed by atoms with Crippen molar-refractivity contribution >= 4 is 33.5 Å². The first-order valence-electron chi connectivity index (χ1n) is 6.30. The standard InChI is InChI=1S/C10H22N2S2.C2H2O4/c1-11(2)7-9-5-6-10(14-13-9)8-12(3)4;3-1(4)2(5)6/h9-10H,5-8H2,1-4H3;(H,3,4)(H,5,6). The molecule has 0 amide bonds. The van der Waals surface area contributed by atoms with E-state index in [0.717, 1.165) is 10.5 Å². The number of carboxylic acids is 2. The first kappa shape index (κ1) is 19.6. The van der Waals surface area contributed by atoms with Crippen molar-refractivity contribution in [2.45, 2.75) is 23.3 Å². The minimum absolute atomic E-state index is 0.841. The van der Waals surface area contributed by atoms with Gasteiger partial charge in [0.25, 0.3) is 0 Å². The van der Waals surface area contributed by atoms with Gasteiger partial charge in [0.05, 0.1) is 0 Å². The van der Waals surface area contributed by atoms with Gasteiger partial charge in [-0.15, -0.1) is 0 Å². The molecule has 2 unspecified atom stereocenters. The summed E-state index contributed by atoms with van der Waals surface area (Å²) in [5, 5.41) is 16.5. The molecular formula is C12H24N2O4S2. The summed E-state index contributed by atoms with van der Waals surface area (Å²) < 4.78 is 0. The van der Waals surface area contributed by atoms with E-state index in [1.165, 1.54) is 25.9 Å². The number of carboxylic acid groups (broad SMARTS) is 2. The number of rotatable bonds is 4. The summed E-state index contributed by atoms with van der Waals surface area (Å²) in [4.78, 5) is 22.8. The van der Waals surface area contributed by atoms with Crippen molar-refractivity contribution in [3.63, 3.8) is 0 Å². The maximum atomic E-state index is 9.10. The number of hydrogen-bond acceptors (Lipinski definition) is 6. The van der Waals surface area contributed by atoms with E-state index in [-0.39, 0.29) is 0 Å². The Morgan fingerprint density at radius 3 is 1.35 bits per heavy atom. The average Bonchev–Trinajstić information content (AvgIpc) is 2.31. The maximum absolute atomic E-state index is 9.10. The Kier molecular flexibility index (Phi) is 10.1. The lowest BCUT2D eigenvalue weighted by Gasteiger charge is -2.30. The largest absolute Gasteiger partial charge is 0.473 e. The third-order valence-electron chi connectivity index (χ3n) is 2.46. The molecule has 2 atom stereocenters. The highest BCUT2D eigenvalue weighted by Gasteiger charge is 2.23. The molecule has 8 heteroatoms. The van der Waals surface area contributed by atoms with Crippen LogP contribution in [0.15, 0.2) is 0 Å². The van der Waals surface area contributed by atoms with Gasteiger partial charge in [0.15, 0.2) is 0 Å². The summed E-state index contributed by atoms with van der Waals surface area (Å²) in [6.45, 7) is 2.46. The van der Waals surface area contributed by atoms with E-state index in [4.69, 9.17) is 19.8 Å². The van der Waals surface area contributed by atoms with Crippen LogP contribution in [0.3, 0.4) is 0 Å². The van der Waals surface area contributed by atoms with Crippen LogP contribution in [0.5, 0.6) is 0 Å². The Morgan fingerprint density at radius 2 is 1.20 bits per heavy atom. The summed E-state index contributed by atoms with van der Waals surface area (Å²) in [6, 6.07) is 0. The van der Waals surface area contributed by atoms with Crippen molar-refractivity contribution in [3.8, 4) is 0 Å². The SMILES string of the molecule is CN(C)CC1CCC(CN(C)C)SS1.O=C(O)C(=O)O. The van der Waals surface area contributed by atoms with Gasteiger partial charge >= 0.3 is 11.9 Å². The highest BCUT2D eigenvalue weighted by Crippen LogP contribution is 2.41. The van der Waals surface area contributed by atoms with E-state index in [2.05, 4.69) is 59.6 Å². The lowest BCUT2D eigenvalue weighted by atomic mass is 10.1. The Hall–Kier alpha value is -0.440. The van der Waals surface area contributed by atoms with Gasteiger partial charge in [-0.1, -0.05) is 21.6 Å². The Balaban J connectivity index is 0.000000511. The fourth-order valence-electron chi connectivity index (χ4n) is 1.68. The maximum Gasteiger partial charge on any atom is 0.414 e. The fourth-order valence-corrected chi connectivity index (χ4v) is 5.07. The lowest BCUT2D eigenvalue weighted by Crippen LogP contribution is -2.30. The lowest BCUT2D eigenvalue weighted by molar-refractivity contribution is -0.159. The van der Waals surface area contributed by atoms with Gasteiger partial charge in [0.1, 0.15) is 0 Å². The van der Waals surface area contributed by atoms with Crippen LogP contribution in [-0.4, -0.2) is 83.7 Å². The first-order chi connectivity index (χ1) is 9.22. The van der Waals surface area contributed by atoms with Crippen molar-refractivity contribution in [1.29, 1.82) is 0 Å². The molecule has 0 saturated carbocycles. The smallest absolute Gasteiger partial charge is 0.414 e. The van der Waals surface area contributed by atoms with Crippen LogP contribution >= 0.6 is 21.6 Å². The molecule has 1 aliphatic rings. The van der Waals surface area contributed by atoms with Gasteiger partial charge in [-0.05, 0) is 41.0 Å². The third kappa shape index (κ3) is 10.4. The average molecular weight is 324 g/mol. The monoisotopic (exact) mass is 324 g/mol. The van der Waals surface area contributed by atoms with E-state index < -0.39 is 11.9 Å². The van der Waals surface area contributed by atoms with Gasteiger partial charge in [-0.2, -0.15) is 0 Å². The topological polar surface area (TPSA) is 81.1 Å².